The van der Waals surface area contributed by atoms with Crippen LogP contribution in [-0.4, -0.2) is 48.0 Å². The summed E-state index contributed by atoms with van der Waals surface area (Å²) in [6, 6.07) is -1.01. The van der Waals surface area contributed by atoms with Crippen LogP contribution in [0.2, 0.25) is 0 Å². The molecule has 0 spiro atoms. The first kappa shape index (κ1) is 12.9. The fourth-order valence-electron chi connectivity index (χ4n) is 1.62. The van der Waals surface area contributed by atoms with E-state index >= 15 is 0 Å². The van der Waals surface area contributed by atoms with Gasteiger partial charge in [-0.05, 0) is 12.8 Å². The molecule has 0 aromatic heterocycles. The number of carboxylic acid groups (broad SMARTS) is 1. The maximum Gasteiger partial charge on any atom is 0.326 e. The standard InChI is InChI=1S/C10H17NO5/c12-4-3-8(10(14)15)11-9(13)7-2-1-5-16-6-7/h7-8,12H,1-6H2,(H,11,13)(H,14,15). The number of aliphatic hydroxyl groups is 1. The van der Waals surface area contributed by atoms with Crippen LogP contribution in [0.5, 0.6) is 0 Å². The summed E-state index contributed by atoms with van der Waals surface area (Å²) in [6.45, 7) is 0.735. The van der Waals surface area contributed by atoms with Crippen molar-refractivity contribution in [3.8, 4) is 0 Å². The summed E-state index contributed by atoms with van der Waals surface area (Å²) in [5.74, 6) is -1.70. The molecule has 1 rings (SSSR count). The zero-order valence-corrected chi connectivity index (χ0v) is 9.02. The second kappa shape index (κ2) is 6.44. The van der Waals surface area contributed by atoms with Gasteiger partial charge in [-0.1, -0.05) is 0 Å². The van der Waals surface area contributed by atoms with Crippen LogP contribution in [0.25, 0.3) is 0 Å². The number of carbonyl (C=O) groups is 2. The van der Waals surface area contributed by atoms with E-state index in [1.807, 2.05) is 0 Å². The zero-order chi connectivity index (χ0) is 12.0. The third-order valence-corrected chi connectivity index (χ3v) is 2.56. The van der Waals surface area contributed by atoms with Crippen molar-refractivity contribution in [3.05, 3.63) is 0 Å². The van der Waals surface area contributed by atoms with Crippen molar-refractivity contribution in [2.75, 3.05) is 19.8 Å². The van der Waals surface area contributed by atoms with E-state index in [1.165, 1.54) is 0 Å². The number of carboxylic acids is 1. The van der Waals surface area contributed by atoms with Crippen LogP contribution in [0, 0.1) is 5.92 Å². The fraction of sp³-hybridized carbons (Fsp3) is 0.800. The van der Waals surface area contributed by atoms with Gasteiger partial charge in [0.2, 0.25) is 5.91 Å². The van der Waals surface area contributed by atoms with Gasteiger partial charge in [0.15, 0.2) is 0 Å². The average molecular weight is 231 g/mol. The Morgan fingerprint density at radius 3 is 2.75 bits per heavy atom. The molecule has 6 heteroatoms. The van der Waals surface area contributed by atoms with Gasteiger partial charge in [-0.15, -0.1) is 0 Å². The number of aliphatic carboxylic acids is 1. The first-order valence-corrected chi connectivity index (χ1v) is 5.37. The molecule has 1 heterocycles. The molecular weight excluding hydrogens is 214 g/mol. The SMILES string of the molecule is O=C(NC(CCO)C(=O)O)C1CCCOC1. The lowest BCUT2D eigenvalue weighted by Gasteiger charge is -2.23. The van der Waals surface area contributed by atoms with Gasteiger partial charge in [-0.25, -0.2) is 4.79 Å². The highest BCUT2D eigenvalue weighted by molar-refractivity contribution is 5.85. The molecule has 3 N–H and O–H groups in total. The third-order valence-electron chi connectivity index (χ3n) is 2.56. The Hall–Kier alpha value is -1.14. The number of hydrogen-bond donors (Lipinski definition) is 3. The summed E-state index contributed by atoms with van der Waals surface area (Å²) in [7, 11) is 0. The highest BCUT2D eigenvalue weighted by Gasteiger charge is 2.26. The van der Waals surface area contributed by atoms with Crippen LogP contribution in [0.3, 0.4) is 0 Å². The minimum absolute atomic E-state index is 0.0225. The largest absolute Gasteiger partial charge is 0.480 e. The Balaban J connectivity index is 2.43. The monoisotopic (exact) mass is 231 g/mol. The van der Waals surface area contributed by atoms with Crippen LogP contribution < -0.4 is 5.32 Å². The van der Waals surface area contributed by atoms with Crippen molar-refractivity contribution in [2.45, 2.75) is 25.3 Å². The third kappa shape index (κ3) is 3.79. The topological polar surface area (TPSA) is 95.9 Å². The Morgan fingerprint density at radius 1 is 1.50 bits per heavy atom. The molecule has 2 atom stereocenters. The van der Waals surface area contributed by atoms with Crippen LogP contribution >= 0.6 is 0 Å². The van der Waals surface area contributed by atoms with Gasteiger partial charge in [0.05, 0.1) is 12.5 Å². The number of aliphatic hydroxyl groups excluding tert-OH is 1. The van der Waals surface area contributed by atoms with E-state index in [-0.39, 0.29) is 24.9 Å². The Kier molecular flexibility index (Phi) is 5.21. The van der Waals surface area contributed by atoms with Gasteiger partial charge in [0.1, 0.15) is 6.04 Å². The van der Waals surface area contributed by atoms with Gasteiger partial charge in [0.25, 0.3) is 0 Å². The molecule has 0 radical (unpaired) electrons. The van der Waals surface area contributed by atoms with Gasteiger partial charge < -0.3 is 20.3 Å². The number of carbonyl (C=O) groups excluding carboxylic acids is 1. The second-order valence-corrected chi connectivity index (χ2v) is 3.83. The molecular formula is C10H17NO5. The number of nitrogens with one attached hydrogen (secondary N) is 1. The Morgan fingerprint density at radius 2 is 2.25 bits per heavy atom. The molecule has 1 fully saturated rings. The van der Waals surface area contributed by atoms with E-state index in [0.717, 1.165) is 12.8 Å². The first-order valence-electron chi connectivity index (χ1n) is 5.37. The van der Waals surface area contributed by atoms with Crippen molar-refractivity contribution < 1.29 is 24.5 Å². The maximum absolute atomic E-state index is 11.7. The predicted octanol–water partition coefficient (Wildman–Crippen LogP) is -0.635. The first-order chi connectivity index (χ1) is 7.65. The molecule has 6 nitrogen and oxygen atoms in total. The molecule has 1 aliphatic heterocycles. The van der Waals surface area contributed by atoms with Crippen LogP contribution in [0.4, 0.5) is 0 Å². The van der Waals surface area contributed by atoms with Crippen LogP contribution in [-0.2, 0) is 14.3 Å². The number of hydrogen-bond acceptors (Lipinski definition) is 4. The number of ether oxygens (including phenoxy) is 1. The lowest BCUT2D eigenvalue weighted by molar-refractivity contribution is -0.143. The lowest BCUT2D eigenvalue weighted by Crippen LogP contribution is -2.45. The van der Waals surface area contributed by atoms with Crippen molar-refractivity contribution in [2.24, 2.45) is 5.92 Å². The molecule has 1 aliphatic rings. The van der Waals surface area contributed by atoms with Gasteiger partial charge >= 0.3 is 5.97 Å². The summed E-state index contributed by atoms with van der Waals surface area (Å²) in [4.78, 5) is 22.4. The van der Waals surface area contributed by atoms with E-state index in [4.69, 9.17) is 14.9 Å². The quantitative estimate of drug-likeness (QED) is 0.585. The minimum Gasteiger partial charge on any atom is -0.480 e. The second-order valence-electron chi connectivity index (χ2n) is 3.83. The molecule has 1 saturated heterocycles. The van der Waals surface area contributed by atoms with E-state index < -0.39 is 12.0 Å². The van der Waals surface area contributed by atoms with Gasteiger partial charge in [-0.3, -0.25) is 4.79 Å². The molecule has 16 heavy (non-hydrogen) atoms. The summed E-state index contributed by atoms with van der Waals surface area (Å²) in [6.07, 6.45) is 1.56. The molecule has 92 valence electrons. The molecule has 0 aliphatic carbocycles. The molecule has 0 bridgehead atoms. The average Bonchev–Trinajstić information content (AvgIpc) is 2.29. The Bertz CT molecular complexity index is 250. The molecule has 0 aromatic carbocycles. The Labute approximate surface area is 93.6 Å². The highest BCUT2D eigenvalue weighted by atomic mass is 16.5. The highest BCUT2D eigenvalue weighted by Crippen LogP contribution is 2.13. The van der Waals surface area contributed by atoms with Crippen LogP contribution in [0.15, 0.2) is 0 Å². The summed E-state index contributed by atoms with van der Waals surface area (Å²) in [5.41, 5.74) is 0. The van der Waals surface area contributed by atoms with Crippen molar-refractivity contribution in [1.82, 2.24) is 5.32 Å². The van der Waals surface area contributed by atoms with Crippen molar-refractivity contribution in [1.29, 1.82) is 0 Å². The lowest BCUT2D eigenvalue weighted by atomic mass is 10.0. The summed E-state index contributed by atoms with van der Waals surface area (Å²) >= 11 is 0. The van der Waals surface area contributed by atoms with E-state index in [1.54, 1.807) is 0 Å². The summed E-state index contributed by atoms with van der Waals surface area (Å²) in [5, 5.41) is 19.9. The zero-order valence-electron chi connectivity index (χ0n) is 9.02. The predicted molar refractivity (Wildman–Crippen MR) is 54.8 cm³/mol. The molecule has 2 unspecified atom stereocenters. The molecule has 1 amide bonds. The smallest absolute Gasteiger partial charge is 0.326 e. The number of rotatable bonds is 5. The van der Waals surface area contributed by atoms with Crippen LogP contribution in [0.1, 0.15) is 19.3 Å². The maximum atomic E-state index is 11.7. The van der Waals surface area contributed by atoms with Crippen molar-refractivity contribution >= 4 is 11.9 Å². The van der Waals surface area contributed by atoms with E-state index in [2.05, 4.69) is 5.32 Å². The van der Waals surface area contributed by atoms with E-state index in [9.17, 15) is 9.59 Å². The minimum atomic E-state index is -1.13. The van der Waals surface area contributed by atoms with Gasteiger partial charge in [-0.2, -0.15) is 0 Å². The van der Waals surface area contributed by atoms with Crippen molar-refractivity contribution in [3.63, 3.8) is 0 Å². The summed E-state index contributed by atoms with van der Waals surface area (Å²) < 4.78 is 5.15. The van der Waals surface area contributed by atoms with Gasteiger partial charge in [0, 0.05) is 19.6 Å². The molecule has 0 saturated carbocycles. The molecule has 0 aromatic rings. The van der Waals surface area contributed by atoms with E-state index in [0.29, 0.717) is 13.2 Å². The normalized spacial score (nSPS) is 22.4. The fourth-order valence-corrected chi connectivity index (χ4v) is 1.62. The number of amides is 1.